The molecule has 7 nitrogen and oxygen atoms in total. The normalized spacial score (nSPS) is 17.7. The number of benzene rings is 1. The zero-order valence-corrected chi connectivity index (χ0v) is 20.6. The van der Waals surface area contributed by atoms with E-state index in [4.69, 9.17) is 9.72 Å². The van der Waals surface area contributed by atoms with Crippen molar-refractivity contribution in [1.29, 1.82) is 0 Å². The second kappa shape index (κ2) is 11.6. The lowest BCUT2D eigenvalue weighted by Gasteiger charge is -2.30. The fourth-order valence-electron chi connectivity index (χ4n) is 4.60. The van der Waals surface area contributed by atoms with Crippen molar-refractivity contribution in [3.05, 3.63) is 76.5 Å². The number of carbonyl (C=O) groups is 1. The van der Waals surface area contributed by atoms with Gasteiger partial charge in [0.2, 0.25) is 0 Å². The van der Waals surface area contributed by atoms with Gasteiger partial charge in [0.25, 0.3) is 5.91 Å². The molecule has 3 aromatic rings. The van der Waals surface area contributed by atoms with E-state index in [1.807, 2.05) is 54.2 Å². The summed E-state index contributed by atoms with van der Waals surface area (Å²) in [5.74, 6) is 0.273. The van der Waals surface area contributed by atoms with Crippen LogP contribution in [-0.2, 0) is 4.74 Å². The van der Waals surface area contributed by atoms with Crippen LogP contribution < -0.4 is 10.2 Å². The number of thiazole rings is 1. The molecule has 5 rings (SSSR count). The number of pyridine rings is 1. The van der Waals surface area contributed by atoms with Gasteiger partial charge < -0.3 is 15.0 Å². The number of para-hydroxylation sites is 2. The van der Waals surface area contributed by atoms with E-state index in [0.717, 1.165) is 61.9 Å². The van der Waals surface area contributed by atoms with E-state index in [1.54, 1.807) is 11.3 Å². The van der Waals surface area contributed by atoms with Gasteiger partial charge in [-0.25, -0.2) is 4.98 Å². The Morgan fingerprint density at radius 3 is 2.66 bits per heavy atom. The Hall–Kier alpha value is -3.07. The monoisotopic (exact) mass is 489 g/mol. The highest BCUT2D eigenvalue weighted by atomic mass is 32.1. The highest BCUT2D eigenvalue weighted by Gasteiger charge is 2.24. The van der Waals surface area contributed by atoms with E-state index in [1.165, 1.54) is 5.56 Å². The predicted molar refractivity (Wildman–Crippen MR) is 141 cm³/mol. The number of aromatic nitrogens is 2. The Labute approximate surface area is 210 Å². The molecule has 0 unspecified atom stereocenters. The summed E-state index contributed by atoms with van der Waals surface area (Å²) in [7, 11) is 0. The van der Waals surface area contributed by atoms with Gasteiger partial charge in [-0.05, 0) is 55.8 Å². The first-order valence-electron chi connectivity index (χ1n) is 12.2. The molecule has 0 bridgehead atoms. The molecule has 2 aromatic heterocycles. The number of amides is 1. The smallest absolute Gasteiger partial charge is 0.275 e. The quantitative estimate of drug-likeness (QED) is 0.526. The fraction of sp³-hybridized carbons (Fsp3) is 0.370. The lowest BCUT2D eigenvalue weighted by molar-refractivity contribution is 0.102. The second-order valence-electron chi connectivity index (χ2n) is 8.90. The van der Waals surface area contributed by atoms with E-state index < -0.39 is 0 Å². The van der Waals surface area contributed by atoms with Crippen LogP contribution in [0.5, 0.6) is 0 Å². The number of nitrogens with one attached hydrogen (secondary N) is 1. The standard InChI is InChI=1S/C27H31N5O2S/c33-26(29-23-5-1-2-6-25(23)32-16-18-34-19-17-32)24-20-35-27(30-24)22-9-14-31(15-10-22)13-3-4-21-7-11-28-12-8-21/h1-8,11-12,20,22H,9-10,13-19H2,(H,29,33). The Kier molecular flexibility index (Phi) is 7.82. The number of hydrogen-bond donors (Lipinski definition) is 1. The zero-order chi connectivity index (χ0) is 23.9. The zero-order valence-electron chi connectivity index (χ0n) is 19.8. The third-order valence-corrected chi connectivity index (χ3v) is 7.58. The van der Waals surface area contributed by atoms with Crippen LogP contribution in [0, 0.1) is 0 Å². The molecule has 8 heteroatoms. The van der Waals surface area contributed by atoms with E-state index in [2.05, 4.69) is 32.3 Å². The van der Waals surface area contributed by atoms with Crippen molar-refractivity contribution in [2.24, 2.45) is 0 Å². The molecule has 2 aliphatic heterocycles. The number of hydrogen-bond acceptors (Lipinski definition) is 7. The van der Waals surface area contributed by atoms with Gasteiger partial charge in [-0.1, -0.05) is 24.3 Å². The fourth-order valence-corrected chi connectivity index (χ4v) is 5.57. The molecule has 0 saturated carbocycles. The molecule has 4 heterocycles. The molecule has 2 aliphatic rings. The molecule has 1 amide bonds. The first kappa shape index (κ1) is 23.7. The van der Waals surface area contributed by atoms with Gasteiger partial charge in [0, 0.05) is 43.3 Å². The molecule has 0 radical (unpaired) electrons. The molecule has 0 atom stereocenters. The molecule has 35 heavy (non-hydrogen) atoms. The maximum absolute atomic E-state index is 13.0. The van der Waals surface area contributed by atoms with Crippen molar-refractivity contribution in [2.45, 2.75) is 18.8 Å². The van der Waals surface area contributed by atoms with Crippen LogP contribution in [-0.4, -0.2) is 66.7 Å². The van der Waals surface area contributed by atoms with Gasteiger partial charge in [-0.2, -0.15) is 0 Å². The van der Waals surface area contributed by atoms with Gasteiger partial charge in [0.15, 0.2) is 0 Å². The minimum absolute atomic E-state index is 0.146. The van der Waals surface area contributed by atoms with E-state index in [0.29, 0.717) is 24.8 Å². The largest absolute Gasteiger partial charge is 0.378 e. The minimum atomic E-state index is -0.146. The molecule has 182 valence electrons. The molecule has 1 N–H and O–H groups in total. The summed E-state index contributed by atoms with van der Waals surface area (Å²) in [4.78, 5) is 26.5. The number of piperidine rings is 1. The predicted octanol–water partition coefficient (Wildman–Crippen LogP) is 4.52. The third-order valence-electron chi connectivity index (χ3n) is 6.58. The number of carbonyl (C=O) groups excluding carboxylic acids is 1. The molecule has 1 aromatic carbocycles. The number of ether oxygens (including phenoxy) is 1. The molecular formula is C27H31N5O2S. The molecular weight excluding hydrogens is 458 g/mol. The van der Waals surface area contributed by atoms with Crippen LogP contribution in [0.1, 0.15) is 39.8 Å². The van der Waals surface area contributed by atoms with Gasteiger partial charge in [-0.15, -0.1) is 11.3 Å². The van der Waals surface area contributed by atoms with Crippen molar-refractivity contribution in [1.82, 2.24) is 14.9 Å². The summed E-state index contributed by atoms with van der Waals surface area (Å²) < 4.78 is 5.47. The molecule has 0 spiro atoms. The lowest BCUT2D eigenvalue weighted by atomic mass is 9.97. The van der Waals surface area contributed by atoms with E-state index in [-0.39, 0.29) is 5.91 Å². The maximum Gasteiger partial charge on any atom is 0.275 e. The first-order valence-corrected chi connectivity index (χ1v) is 13.1. The Morgan fingerprint density at radius 1 is 1.09 bits per heavy atom. The summed E-state index contributed by atoms with van der Waals surface area (Å²) in [5, 5.41) is 6.05. The Morgan fingerprint density at radius 2 is 1.86 bits per heavy atom. The van der Waals surface area contributed by atoms with Crippen LogP contribution in [0.15, 0.2) is 60.2 Å². The highest BCUT2D eigenvalue weighted by Crippen LogP contribution is 2.31. The van der Waals surface area contributed by atoms with Gasteiger partial charge in [-0.3, -0.25) is 14.7 Å². The topological polar surface area (TPSA) is 70.6 Å². The Bertz CT molecular complexity index is 1140. The average molecular weight is 490 g/mol. The summed E-state index contributed by atoms with van der Waals surface area (Å²) in [6.07, 6.45) is 10.1. The molecule has 2 saturated heterocycles. The van der Waals surface area contributed by atoms with Gasteiger partial charge in [0.1, 0.15) is 5.69 Å². The van der Waals surface area contributed by atoms with Crippen LogP contribution in [0.25, 0.3) is 6.08 Å². The van der Waals surface area contributed by atoms with Gasteiger partial charge >= 0.3 is 0 Å². The maximum atomic E-state index is 13.0. The van der Waals surface area contributed by atoms with E-state index in [9.17, 15) is 4.79 Å². The average Bonchev–Trinajstić information content (AvgIpc) is 3.41. The number of anilines is 2. The number of morpholine rings is 1. The summed E-state index contributed by atoms with van der Waals surface area (Å²) in [6.45, 7) is 6.09. The third kappa shape index (κ3) is 6.14. The number of likely N-dealkylation sites (tertiary alicyclic amines) is 1. The first-order chi connectivity index (χ1) is 17.3. The van der Waals surface area contributed by atoms with Crippen molar-refractivity contribution < 1.29 is 9.53 Å². The number of nitrogens with zero attached hydrogens (tertiary/aromatic N) is 4. The number of rotatable bonds is 7. The lowest BCUT2D eigenvalue weighted by Crippen LogP contribution is -2.36. The van der Waals surface area contributed by atoms with Crippen molar-refractivity contribution in [3.63, 3.8) is 0 Å². The van der Waals surface area contributed by atoms with Crippen molar-refractivity contribution in [3.8, 4) is 0 Å². The summed E-state index contributed by atoms with van der Waals surface area (Å²) >= 11 is 1.61. The highest BCUT2D eigenvalue weighted by molar-refractivity contribution is 7.10. The second-order valence-corrected chi connectivity index (χ2v) is 9.79. The van der Waals surface area contributed by atoms with Crippen LogP contribution in [0.2, 0.25) is 0 Å². The van der Waals surface area contributed by atoms with Crippen molar-refractivity contribution in [2.75, 3.05) is 56.2 Å². The van der Waals surface area contributed by atoms with Crippen molar-refractivity contribution >= 4 is 34.7 Å². The van der Waals surface area contributed by atoms with Crippen LogP contribution in [0.4, 0.5) is 11.4 Å². The summed E-state index contributed by atoms with van der Waals surface area (Å²) in [6, 6.07) is 12.0. The van der Waals surface area contributed by atoms with Crippen LogP contribution >= 0.6 is 11.3 Å². The van der Waals surface area contributed by atoms with E-state index >= 15 is 0 Å². The molecule has 0 aliphatic carbocycles. The van der Waals surface area contributed by atoms with Gasteiger partial charge in [0.05, 0.1) is 29.6 Å². The van der Waals surface area contributed by atoms with Crippen LogP contribution in [0.3, 0.4) is 0 Å². The molecule has 2 fully saturated rings. The summed E-state index contributed by atoms with van der Waals surface area (Å²) in [5.41, 5.74) is 3.53. The minimum Gasteiger partial charge on any atom is -0.378 e. The Balaban J connectivity index is 1.14. The SMILES string of the molecule is O=C(Nc1ccccc1N1CCOCC1)c1csc(C2CCN(CC=Cc3ccncc3)CC2)n1.